The third-order valence-corrected chi connectivity index (χ3v) is 6.16. The van der Waals surface area contributed by atoms with Gasteiger partial charge in [0, 0.05) is 50.5 Å². The third-order valence-electron chi connectivity index (χ3n) is 6.16. The van der Waals surface area contributed by atoms with Crippen LogP contribution >= 0.6 is 0 Å². The summed E-state index contributed by atoms with van der Waals surface area (Å²) in [5, 5.41) is 3.03. The van der Waals surface area contributed by atoms with Crippen LogP contribution in [0.5, 0.6) is 0 Å². The van der Waals surface area contributed by atoms with E-state index in [4.69, 9.17) is 9.97 Å². The lowest BCUT2D eigenvalue weighted by molar-refractivity contribution is 0.208. The van der Waals surface area contributed by atoms with Gasteiger partial charge in [0.05, 0.1) is 22.4 Å². The molecule has 4 aromatic heterocycles. The molecule has 1 aromatic carbocycles. The second kappa shape index (κ2) is 8.94. The summed E-state index contributed by atoms with van der Waals surface area (Å²) in [6, 6.07) is 19.2. The van der Waals surface area contributed by atoms with E-state index in [9.17, 15) is 4.79 Å². The van der Waals surface area contributed by atoms with E-state index in [2.05, 4.69) is 25.2 Å². The number of H-pyrrole nitrogens is 2. The maximum Gasteiger partial charge on any atom is 0.321 e. The van der Waals surface area contributed by atoms with Gasteiger partial charge in [-0.05, 0) is 54.6 Å². The number of nitrogens with zero attached hydrogens (tertiary/aromatic N) is 5. The number of piperazine rings is 1. The van der Waals surface area contributed by atoms with Crippen LogP contribution in [0.25, 0.3) is 33.8 Å². The molecule has 174 valence electrons. The van der Waals surface area contributed by atoms with Crippen molar-refractivity contribution in [2.45, 2.75) is 0 Å². The SMILES string of the molecule is O=C(Nc1ccc2nc(-c3ccc[nH]3)c(-c3ccc[nH]3)nc2c1)N1CCN(c2ccccn2)CC1. The molecular weight excluding hydrogens is 440 g/mol. The standard InChI is InChI=1S/C26H24N8O/c35-26(34-15-13-33(14-16-34)23-7-1-2-10-29-23)30-18-8-9-19-22(17-18)32-25(21-6-4-12-28-21)24(31-19)20-5-3-11-27-20/h1-12,17,27-28H,13-16H2,(H,30,35). The van der Waals surface area contributed by atoms with E-state index in [0.29, 0.717) is 24.3 Å². The first-order valence-corrected chi connectivity index (χ1v) is 11.6. The van der Waals surface area contributed by atoms with Crippen molar-refractivity contribution in [3.05, 3.63) is 79.3 Å². The van der Waals surface area contributed by atoms with Crippen LogP contribution in [0.1, 0.15) is 0 Å². The number of aromatic amines is 2. The van der Waals surface area contributed by atoms with Crippen molar-refractivity contribution in [3.8, 4) is 22.8 Å². The molecule has 0 aliphatic carbocycles. The quantitative estimate of drug-likeness (QED) is 0.366. The van der Waals surface area contributed by atoms with Crippen LogP contribution in [0, 0.1) is 0 Å². The Morgan fingerprint density at radius 2 is 1.51 bits per heavy atom. The van der Waals surface area contributed by atoms with Crippen molar-refractivity contribution in [2.75, 3.05) is 36.4 Å². The maximum atomic E-state index is 12.9. The van der Waals surface area contributed by atoms with Crippen molar-refractivity contribution in [1.29, 1.82) is 0 Å². The van der Waals surface area contributed by atoms with E-state index in [1.165, 1.54) is 0 Å². The highest BCUT2D eigenvalue weighted by Crippen LogP contribution is 2.30. The fourth-order valence-electron chi connectivity index (χ4n) is 4.34. The number of fused-ring (bicyclic) bond motifs is 1. The fourth-order valence-corrected chi connectivity index (χ4v) is 4.34. The molecule has 0 spiro atoms. The van der Waals surface area contributed by atoms with E-state index in [-0.39, 0.29) is 6.03 Å². The lowest BCUT2D eigenvalue weighted by Gasteiger charge is -2.35. The van der Waals surface area contributed by atoms with Crippen molar-refractivity contribution >= 4 is 28.6 Å². The van der Waals surface area contributed by atoms with Gasteiger partial charge in [-0.25, -0.2) is 19.7 Å². The molecule has 9 heteroatoms. The van der Waals surface area contributed by atoms with Crippen molar-refractivity contribution < 1.29 is 4.79 Å². The zero-order valence-corrected chi connectivity index (χ0v) is 19.0. The Kier molecular flexibility index (Phi) is 5.34. The highest BCUT2D eigenvalue weighted by Gasteiger charge is 2.22. The Balaban J connectivity index is 1.22. The highest BCUT2D eigenvalue weighted by molar-refractivity contribution is 5.93. The van der Waals surface area contributed by atoms with E-state index in [1.807, 2.05) is 78.0 Å². The second-order valence-corrected chi connectivity index (χ2v) is 8.38. The number of benzene rings is 1. The van der Waals surface area contributed by atoms with Gasteiger partial charge in [0.15, 0.2) is 0 Å². The van der Waals surface area contributed by atoms with Gasteiger partial charge in [-0.1, -0.05) is 6.07 Å². The number of carbonyl (C=O) groups excluding carboxylic acids is 1. The predicted octanol–water partition coefficient (Wildman–Crippen LogP) is 4.37. The molecule has 1 aliphatic rings. The fraction of sp³-hybridized carbons (Fsp3) is 0.154. The van der Waals surface area contributed by atoms with Crippen LogP contribution in [0.4, 0.5) is 16.3 Å². The molecule has 6 rings (SSSR count). The number of urea groups is 1. The molecule has 0 unspecified atom stereocenters. The first-order valence-electron chi connectivity index (χ1n) is 11.6. The van der Waals surface area contributed by atoms with E-state index in [1.54, 1.807) is 6.20 Å². The number of hydrogen-bond donors (Lipinski definition) is 3. The summed E-state index contributed by atoms with van der Waals surface area (Å²) in [6.45, 7) is 2.75. The topological polar surface area (TPSA) is 106 Å². The van der Waals surface area contributed by atoms with Crippen LogP contribution < -0.4 is 10.2 Å². The highest BCUT2D eigenvalue weighted by atomic mass is 16.2. The Bertz CT molecular complexity index is 1440. The molecule has 1 saturated heterocycles. The number of nitrogens with one attached hydrogen (secondary N) is 3. The zero-order valence-electron chi connectivity index (χ0n) is 19.0. The lowest BCUT2D eigenvalue weighted by atomic mass is 10.1. The average molecular weight is 465 g/mol. The number of hydrogen-bond acceptors (Lipinski definition) is 5. The zero-order chi connectivity index (χ0) is 23.6. The van der Waals surface area contributed by atoms with Gasteiger partial charge >= 0.3 is 6.03 Å². The van der Waals surface area contributed by atoms with Gasteiger partial charge in [-0.2, -0.15) is 0 Å². The minimum Gasteiger partial charge on any atom is -0.360 e. The molecule has 35 heavy (non-hydrogen) atoms. The van der Waals surface area contributed by atoms with Gasteiger partial charge in [0.25, 0.3) is 0 Å². The largest absolute Gasteiger partial charge is 0.360 e. The number of pyridine rings is 1. The van der Waals surface area contributed by atoms with E-state index < -0.39 is 0 Å². The minimum atomic E-state index is -0.120. The number of carbonyl (C=O) groups is 1. The summed E-state index contributed by atoms with van der Waals surface area (Å²) >= 11 is 0. The normalized spacial score (nSPS) is 13.8. The summed E-state index contributed by atoms with van der Waals surface area (Å²) in [6.07, 6.45) is 5.53. The summed E-state index contributed by atoms with van der Waals surface area (Å²) in [5.41, 5.74) is 5.45. The molecule has 0 radical (unpaired) electrons. The van der Waals surface area contributed by atoms with Crippen molar-refractivity contribution in [1.82, 2.24) is 29.8 Å². The summed E-state index contributed by atoms with van der Waals surface area (Å²) in [4.78, 5) is 37.6. The second-order valence-electron chi connectivity index (χ2n) is 8.38. The smallest absolute Gasteiger partial charge is 0.321 e. The molecular formula is C26H24N8O. The molecule has 0 bridgehead atoms. The number of rotatable bonds is 4. The van der Waals surface area contributed by atoms with Crippen molar-refractivity contribution in [3.63, 3.8) is 0 Å². The van der Waals surface area contributed by atoms with Gasteiger partial charge < -0.3 is 25.1 Å². The first kappa shape index (κ1) is 20.9. The number of amides is 2. The summed E-state index contributed by atoms with van der Waals surface area (Å²) in [7, 11) is 0. The summed E-state index contributed by atoms with van der Waals surface area (Å²) < 4.78 is 0. The lowest BCUT2D eigenvalue weighted by Crippen LogP contribution is -2.50. The van der Waals surface area contributed by atoms with E-state index >= 15 is 0 Å². The van der Waals surface area contributed by atoms with Gasteiger partial charge in [0.2, 0.25) is 0 Å². The van der Waals surface area contributed by atoms with E-state index in [0.717, 1.165) is 47.2 Å². The molecule has 5 aromatic rings. The predicted molar refractivity (Wildman–Crippen MR) is 136 cm³/mol. The molecule has 0 atom stereocenters. The van der Waals surface area contributed by atoms with Gasteiger partial charge in [-0.15, -0.1) is 0 Å². The van der Waals surface area contributed by atoms with Crippen LogP contribution in [0.3, 0.4) is 0 Å². The minimum absolute atomic E-state index is 0.120. The average Bonchev–Trinajstić information content (AvgIpc) is 3.63. The maximum absolute atomic E-state index is 12.9. The third kappa shape index (κ3) is 4.19. The Labute approximate surface area is 201 Å². The molecule has 3 N–H and O–H groups in total. The van der Waals surface area contributed by atoms with Crippen LogP contribution in [-0.4, -0.2) is 62.0 Å². The van der Waals surface area contributed by atoms with Gasteiger partial charge in [0.1, 0.15) is 17.2 Å². The van der Waals surface area contributed by atoms with Crippen molar-refractivity contribution in [2.24, 2.45) is 0 Å². The molecule has 5 heterocycles. The molecule has 1 aliphatic heterocycles. The monoisotopic (exact) mass is 464 g/mol. The van der Waals surface area contributed by atoms with Gasteiger partial charge in [-0.3, -0.25) is 0 Å². The molecule has 0 saturated carbocycles. The van der Waals surface area contributed by atoms with Crippen LogP contribution in [0.15, 0.2) is 79.3 Å². The Morgan fingerprint density at radius 3 is 2.14 bits per heavy atom. The molecule has 2 amide bonds. The van der Waals surface area contributed by atoms with Crippen LogP contribution in [0.2, 0.25) is 0 Å². The first-order chi connectivity index (χ1) is 17.2. The number of aromatic nitrogens is 5. The summed E-state index contributed by atoms with van der Waals surface area (Å²) in [5.74, 6) is 0.942. The Hall–Kier alpha value is -4.66. The molecule has 9 nitrogen and oxygen atoms in total. The molecule has 1 fully saturated rings. The van der Waals surface area contributed by atoms with Crippen LogP contribution in [-0.2, 0) is 0 Å². The Morgan fingerprint density at radius 1 is 0.800 bits per heavy atom. The number of anilines is 2.